The predicted molar refractivity (Wildman–Crippen MR) is 104 cm³/mol. The van der Waals surface area contributed by atoms with Crippen LogP contribution in [0.5, 0.6) is 11.5 Å². The third kappa shape index (κ3) is 4.71. The van der Waals surface area contributed by atoms with Crippen LogP contribution in [0.4, 0.5) is 0 Å². The first-order valence-electron chi connectivity index (χ1n) is 9.51. The van der Waals surface area contributed by atoms with Crippen LogP contribution in [0.3, 0.4) is 0 Å². The van der Waals surface area contributed by atoms with Crippen LogP contribution in [0.1, 0.15) is 30.6 Å². The summed E-state index contributed by atoms with van der Waals surface area (Å²) in [7, 11) is 0. The number of hydrogen-bond acceptors (Lipinski definition) is 7. The Balaban J connectivity index is 1.28. The summed E-state index contributed by atoms with van der Waals surface area (Å²) >= 11 is 0. The molecule has 3 aromatic rings. The Kier molecular flexibility index (Phi) is 5.41. The number of nitrogens with one attached hydrogen (secondary N) is 1. The second-order valence-corrected chi connectivity index (χ2v) is 7.01. The van der Waals surface area contributed by atoms with Gasteiger partial charge in [0.1, 0.15) is 0 Å². The van der Waals surface area contributed by atoms with Crippen molar-refractivity contribution in [3.05, 3.63) is 53.7 Å². The van der Waals surface area contributed by atoms with Gasteiger partial charge in [0.05, 0.1) is 0 Å². The number of benzene rings is 1. The molecule has 1 aromatic carbocycles. The Bertz CT molecular complexity index is 1020. The number of ether oxygens (including phenoxy) is 2. The van der Waals surface area contributed by atoms with Crippen molar-refractivity contribution in [3.63, 3.8) is 0 Å². The molecule has 0 aliphatic carbocycles. The SMILES string of the molecule is Cc1cccc(C[C@@H](C)NC(=O)CCc2nnc(-c3ccc4c(c3)OCO4)o2)n1. The molecule has 150 valence electrons. The Morgan fingerprint density at radius 1 is 1.17 bits per heavy atom. The maximum atomic E-state index is 12.2. The van der Waals surface area contributed by atoms with Crippen molar-refractivity contribution in [2.24, 2.45) is 0 Å². The average Bonchev–Trinajstić information content (AvgIpc) is 3.35. The highest BCUT2D eigenvalue weighted by Crippen LogP contribution is 2.35. The fraction of sp³-hybridized carbons (Fsp3) is 0.333. The molecule has 0 bridgehead atoms. The van der Waals surface area contributed by atoms with Crippen molar-refractivity contribution >= 4 is 5.91 Å². The molecule has 1 atom stereocenters. The number of nitrogens with zero attached hydrogens (tertiary/aromatic N) is 3. The van der Waals surface area contributed by atoms with E-state index in [1.54, 1.807) is 12.1 Å². The molecule has 0 saturated carbocycles. The Labute approximate surface area is 168 Å². The van der Waals surface area contributed by atoms with Crippen molar-refractivity contribution in [1.29, 1.82) is 0 Å². The highest BCUT2D eigenvalue weighted by Gasteiger charge is 2.17. The number of hydrogen-bond donors (Lipinski definition) is 1. The molecule has 0 saturated heterocycles. The van der Waals surface area contributed by atoms with Crippen molar-refractivity contribution in [1.82, 2.24) is 20.5 Å². The smallest absolute Gasteiger partial charge is 0.247 e. The lowest BCUT2D eigenvalue weighted by molar-refractivity contribution is -0.121. The zero-order valence-electron chi connectivity index (χ0n) is 16.3. The molecule has 0 fully saturated rings. The molecule has 3 heterocycles. The summed E-state index contributed by atoms with van der Waals surface area (Å²) in [4.78, 5) is 16.7. The molecule has 1 N–H and O–H groups in total. The van der Waals surface area contributed by atoms with Gasteiger partial charge < -0.3 is 19.2 Å². The fourth-order valence-electron chi connectivity index (χ4n) is 3.15. The van der Waals surface area contributed by atoms with Gasteiger partial charge in [-0.2, -0.15) is 0 Å². The van der Waals surface area contributed by atoms with Gasteiger partial charge in [-0.3, -0.25) is 9.78 Å². The molecule has 1 amide bonds. The third-order valence-electron chi connectivity index (χ3n) is 4.52. The first-order valence-corrected chi connectivity index (χ1v) is 9.51. The number of carbonyl (C=O) groups excluding carboxylic acids is 1. The van der Waals surface area contributed by atoms with Crippen LogP contribution in [-0.4, -0.2) is 33.9 Å². The van der Waals surface area contributed by atoms with Gasteiger partial charge in [-0.25, -0.2) is 0 Å². The predicted octanol–water partition coefficient (Wildman–Crippen LogP) is 2.85. The summed E-state index contributed by atoms with van der Waals surface area (Å²) < 4.78 is 16.3. The topological polar surface area (TPSA) is 99.4 Å². The van der Waals surface area contributed by atoms with Gasteiger partial charge in [-0.05, 0) is 44.2 Å². The number of rotatable bonds is 7. The Morgan fingerprint density at radius 3 is 2.90 bits per heavy atom. The molecule has 1 aliphatic heterocycles. The molecule has 8 heteroatoms. The molecule has 8 nitrogen and oxygen atoms in total. The van der Waals surface area contributed by atoms with Crippen LogP contribution in [0.25, 0.3) is 11.5 Å². The number of amides is 1. The van der Waals surface area contributed by atoms with E-state index in [4.69, 9.17) is 13.9 Å². The van der Waals surface area contributed by atoms with Crippen molar-refractivity contribution in [3.8, 4) is 23.0 Å². The Hall–Kier alpha value is -3.42. The second kappa shape index (κ2) is 8.30. The van der Waals surface area contributed by atoms with Gasteiger partial charge in [0.2, 0.25) is 24.5 Å². The van der Waals surface area contributed by atoms with E-state index in [1.807, 2.05) is 38.1 Å². The van der Waals surface area contributed by atoms with Crippen LogP contribution in [-0.2, 0) is 17.6 Å². The average molecular weight is 394 g/mol. The summed E-state index contributed by atoms with van der Waals surface area (Å²) in [5, 5.41) is 11.1. The summed E-state index contributed by atoms with van der Waals surface area (Å²) in [5.74, 6) is 2.09. The lowest BCUT2D eigenvalue weighted by atomic mass is 10.1. The van der Waals surface area contributed by atoms with Crippen molar-refractivity contribution < 1.29 is 18.7 Å². The van der Waals surface area contributed by atoms with Gasteiger partial charge in [0.15, 0.2) is 11.5 Å². The first-order chi connectivity index (χ1) is 14.1. The van der Waals surface area contributed by atoms with E-state index in [9.17, 15) is 4.79 Å². The minimum atomic E-state index is -0.0621. The summed E-state index contributed by atoms with van der Waals surface area (Å²) in [6, 6.07) is 11.3. The number of carbonyl (C=O) groups is 1. The summed E-state index contributed by atoms with van der Waals surface area (Å²) in [5.41, 5.74) is 2.68. The lowest BCUT2D eigenvalue weighted by Crippen LogP contribution is -2.34. The molecular weight excluding hydrogens is 372 g/mol. The second-order valence-electron chi connectivity index (χ2n) is 7.01. The van der Waals surface area contributed by atoms with Gasteiger partial charge in [0.25, 0.3) is 0 Å². The van der Waals surface area contributed by atoms with Crippen molar-refractivity contribution in [2.45, 2.75) is 39.2 Å². The van der Waals surface area contributed by atoms with Crippen LogP contribution in [0.15, 0.2) is 40.8 Å². The standard InChI is InChI=1S/C21H22N4O4/c1-13-4-3-5-16(22-13)10-14(2)23-19(26)8-9-20-24-25-21(29-20)15-6-7-17-18(11-15)28-12-27-17/h3-7,11,14H,8-10,12H2,1-2H3,(H,23,26)/t14-/m1/s1. The van der Waals surface area contributed by atoms with Gasteiger partial charge in [-0.1, -0.05) is 6.07 Å². The highest BCUT2D eigenvalue weighted by atomic mass is 16.7. The highest BCUT2D eigenvalue weighted by molar-refractivity contribution is 5.76. The summed E-state index contributed by atoms with van der Waals surface area (Å²) in [6.07, 6.45) is 1.33. The largest absolute Gasteiger partial charge is 0.454 e. The number of aromatic nitrogens is 3. The molecular formula is C21H22N4O4. The molecule has 2 aromatic heterocycles. The molecule has 29 heavy (non-hydrogen) atoms. The molecule has 0 unspecified atom stereocenters. The van der Waals surface area contributed by atoms with Crippen LogP contribution >= 0.6 is 0 Å². The maximum absolute atomic E-state index is 12.2. The van der Waals surface area contributed by atoms with E-state index >= 15 is 0 Å². The molecule has 0 spiro atoms. The summed E-state index contributed by atoms with van der Waals surface area (Å²) in [6.45, 7) is 4.13. The zero-order chi connectivity index (χ0) is 20.2. The van der Waals surface area contributed by atoms with Gasteiger partial charge in [0, 0.05) is 42.3 Å². The quantitative estimate of drug-likeness (QED) is 0.658. The van der Waals surface area contributed by atoms with Gasteiger partial charge >= 0.3 is 0 Å². The number of fused-ring (bicyclic) bond motifs is 1. The fourth-order valence-corrected chi connectivity index (χ4v) is 3.15. The number of pyridine rings is 1. The minimum Gasteiger partial charge on any atom is -0.454 e. The lowest BCUT2D eigenvalue weighted by Gasteiger charge is -2.13. The van der Waals surface area contributed by atoms with E-state index in [1.165, 1.54) is 0 Å². The van der Waals surface area contributed by atoms with E-state index in [-0.39, 0.29) is 25.2 Å². The van der Waals surface area contributed by atoms with Crippen LogP contribution in [0, 0.1) is 6.92 Å². The monoisotopic (exact) mass is 394 g/mol. The minimum absolute atomic E-state index is 0.0105. The van der Waals surface area contributed by atoms with E-state index in [0.29, 0.717) is 36.1 Å². The molecule has 0 radical (unpaired) electrons. The van der Waals surface area contributed by atoms with E-state index in [0.717, 1.165) is 17.0 Å². The van der Waals surface area contributed by atoms with Crippen LogP contribution < -0.4 is 14.8 Å². The maximum Gasteiger partial charge on any atom is 0.247 e. The van der Waals surface area contributed by atoms with E-state index in [2.05, 4.69) is 20.5 Å². The number of aryl methyl sites for hydroxylation is 2. The van der Waals surface area contributed by atoms with Crippen LogP contribution in [0.2, 0.25) is 0 Å². The first kappa shape index (κ1) is 18.9. The third-order valence-corrected chi connectivity index (χ3v) is 4.52. The molecule has 1 aliphatic rings. The normalized spacial score (nSPS) is 13.3. The molecule has 4 rings (SSSR count). The van der Waals surface area contributed by atoms with Gasteiger partial charge in [-0.15, -0.1) is 10.2 Å². The van der Waals surface area contributed by atoms with Crippen molar-refractivity contribution in [2.75, 3.05) is 6.79 Å². The van der Waals surface area contributed by atoms with E-state index < -0.39 is 0 Å². The Morgan fingerprint density at radius 2 is 2.03 bits per heavy atom. The zero-order valence-corrected chi connectivity index (χ0v) is 16.3.